The van der Waals surface area contributed by atoms with Crippen molar-refractivity contribution in [2.45, 2.75) is 50.7 Å². The number of aromatic carboxylic acids is 1. The van der Waals surface area contributed by atoms with Crippen molar-refractivity contribution in [3.8, 4) is 5.75 Å². The number of hydrogen-bond donors (Lipinski definition) is 2. The van der Waals surface area contributed by atoms with E-state index in [9.17, 15) is 18.9 Å². The van der Waals surface area contributed by atoms with Crippen LogP contribution in [0.25, 0.3) is 10.1 Å². The number of carboxylic acid groups (broad SMARTS) is 1. The van der Waals surface area contributed by atoms with E-state index in [0.717, 1.165) is 56.1 Å². The van der Waals surface area contributed by atoms with Gasteiger partial charge in [0.05, 0.1) is 28.3 Å². The normalized spacial score (nSPS) is 17.2. The summed E-state index contributed by atoms with van der Waals surface area (Å²) >= 11 is 0.782. The molecule has 0 aliphatic carbocycles. The molecule has 1 aliphatic heterocycles. The van der Waals surface area contributed by atoms with Gasteiger partial charge in [0.2, 0.25) is 0 Å². The van der Waals surface area contributed by atoms with Crippen LogP contribution >= 0.6 is 22.7 Å². The Hall–Kier alpha value is -4.03. The Balaban J connectivity index is 1.29. The molecular formula is C37H38N2O6S3. The van der Waals surface area contributed by atoms with Gasteiger partial charge in [0, 0.05) is 30.1 Å². The fraction of sp³-hybridized carbons (Fsp3) is 0.297. The van der Waals surface area contributed by atoms with Gasteiger partial charge in [-0.1, -0.05) is 24.3 Å². The number of aryl methyl sites for hydroxylation is 2. The van der Waals surface area contributed by atoms with Crippen molar-refractivity contribution in [2.75, 3.05) is 30.4 Å². The van der Waals surface area contributed by atoms with E-state index in [1.807, 2.05) is 60.8 Å². The Kier molecular flexibility index (Phi) is 10.6. The summed E-state index contributed by atoms with van der Waals surface area (Å²) in [5.41, 5.74) is 4.61. The zero-order valence-electron chi connectivity index (χ0n) is 27.1. The third kappa shape index (κ3) is 7.34. The van der Waals surface area contributed by atoms with E-state index in [1.54, 1.807) is 32.2 Å². The number of nitrogens with one attached hydrogen (secondary N) is 1. The van der Waals surface area contributed by atoms with E-state index in [-0.39, 0.29) is 16.6 Å². The largest absolute Gasteiger partial charge is 0.497 e. The van der Waals surface area contributed by atoms with Crippen molar-refractivity contribution in [1.82, 2.24) is 0 Å². The molecule has 48 heavy (non-hydrogen) atoms. The fourth-order valence-electron chi connectivity index (χ4n) is 6.26. The molecule has 250 valence electrons. The third-order valence-electron chi connectivity index (χ3n) is 8.81. The molecule has 3 atom stereocenters. The number of methoxy groups -OCH3 is 1. The first kappa shape index (κ1) is 33.9. The molecule has 3 heterocycles. The van der Waals surface area contributed by atoms with Gasteiger partial charge in [0.25, 0.3) is 0 Å². The molecule has 8 nitrogen and oxygen atoms in total. The lowest BCUT2D eigenvalue weighted by atomic mass is 9.93. The standard InChI is InChI=1S/C37H38N2O6S3/c1-23-16-19-46-35(23)34(40)26-9-7-18-39(31-12-5-4-11-30(31)38-17-15-25-8-6-10-27(20-25)44-3)33(21-26)45-48(43)28-13-14-32-29(22-28)24(2)36(47-32)37(41)42/h4-6,8,10-14,16,19-20,22,26,33,38H,7,9,15,17-18,21H2,1-3H3,(H,41,42). The number of nitrogens with zero attached hydrogens (tertiary/aromatic N) is 1. The Morgan fingerprint density at radius 2 is 1.88 bits per heavy atom. The quantitative estimate of drug-likeness (QED) is 0.125. The number of Topliss-reactive ketones (excluding diaryl/α,β-unsaturated/α-hetero) is 1. The molecule has 0 radical (unpaired) electrons. The second-order valence-electron chi connectivity index (χ2n) is 11.9. The van der Waals surface area contributed by atoms with Crippen molar-refractivity contribution < 1.29 is 27.8 Å². The maximum atomic E-state index is 14.0. The van der Waals surface area contributed by atoms with Crippen LogP contribution in [-0.4, -0.2) is 47.5 Å². The van der Waals surface area contributed by atoms with Crippen LogP contribution in [0.15, 0.2) is 83.1 Å². The Morgan fingerprint density at radius 1 is 1.04 bits per heavy atom. The molecule has 0 bridgehead atoms. The van der Waals surface area contributed by atoms with Crippen LogP contribution in [0, 0.1) is 19.8 Å². The highest BCUT2D eigenvalue weighted by atomic mass is 32.2. The zero-order chi connectivity index (χ0) is 33.8. The number of carboxylic acids is 1. The molecular weight excluding hydrogens is 665 g/mol. The number of carbonyl (C=O) groups is 2. The smallest absolute Gasteiger partial charge is 0.346 e. The van der Waals surface area contributed by atoms with Crippen molar-refractivity contribution in [3.63, 3.8) is 0 Å². The molecule has 1 saturated heterocycles. The van der Waals surface area contributed by atoms with Gasteiger partial charge in [0.15, 0.2) is 16.9 Å². The lowest BCUT2D eigenvalue weighted by Gasteiger charge is -2.33. The number of carbonyl (C=O) groups excluding carboxylic acids is 1. The van der Waals surface area contributed by atoms with Gasteiger partial charge in [-0.2, -0.15) is 0 Å². The van der Waals surface area contributed by atoms with Crippen LogP contribution in [0.4, 0.5) is 11.4 Å². The van der Waals surface area contributed by atoms with Gasteiger partial charge >= 0.3 is 5.97 Å². The topological polar surface area (TPSA) is 105 Å². The second-order valence-corrected chi connectivity index (χ2v) is 15.0. The summed E-state index contributed by atoms with van der Waals surface area (Å²) in [7, 11) is 1.66. The van der Waals surface area contributed by atoms with Crippen LogP contribution in [-0.2, 0) is 21.7 Å². The average Bonchev–Trinajstić information content (AvgIpc) is 3.60. The summed E-state index contributed by atoms with van der Waals surface area (Å²) in [5.74, 6) is -0.343. The number of rotatable bonds is 12. The first-order valence-electron chi connectivity index (χ1n) is 15.9. The molecule has 1 fully saturated rings. The highest BCUT2D eigenvalue weighted by molar-refractivity contribution is 7.80. The summed E-state index contributed by atoms with van der Waals surface area (Å²) in [5, 5.41) is 15.9. The molecule has 2 N–H and O–H groups in total. The molecule has 5 aromatic rings. The highest BCUT2D eigenvalue weighted by Gasteiger charge is 2.34. The zero-order valence-corrected chi connectivity index (χ0v) is 29.5. The molecule has 11 heteroatoms. The van der Waals surface area contributed by atoms with E-state index in [2.05, 4.69) is 16.3 Å². The predicted octanol–water partition coefficient (Wildman–Crippen LogP) is 8.50. The number of thiophene rings is 2. The number of anilines is 2. The number of ketones is 1. The Labute approximate surface area is 291 Å². The van der Waals surface area contributed by atoms with Crippen molar-refractivity contribution >= 4 is 67.0 Å². The summed E-state index contributed by atoms with van der Waals surface area (Å²) in [6, 6.07) is 23.3. The van der Waals surface area contributed by atoms with Crippen LogP contribution in [0.2, 0.25) is 0 Å². The van der Waals surface area contributed by atoms with Crippen molar-refractivity contribution in [3.05, 3.63) is 105 Å². The predicted molar refractivity (Wildman–Crippen MR) is 195 cm³/mol. The van der Waals surface area contributed by atoms with E-state index in [1.165, 1.54) is 22.7 Å². The highest BCUT2D eigenvalue weighted by Crippen LogP contribution is 2.37. The second kappa shape index (κ2) is 15.0. The van der Waals surface area contributed by atoms with Crippen LogP contribution in [0.3, 0.4) is 0 Å². The lowest BCUT2D eigenvalue weighted by molar-refractivity contribution is 0.0701. The summed E-state index contributed by atoms with van der Waals surface area (Å²) in [6.07, 6.45) is 1.98. The minimum Gasteiger partial charge on any atom is -0.497 e. The van der Waals surface area contributed by atoms with E-state index in [0.29, 0.717) is 36.4 Å². The van der Waals surface area contributed by atoms with Crippen LogP contribution in [0.5, 0.6) is 5.75 Å². The van der Waals surface area contributed by atoms with Gasteiger partial charge in [-0.05, 0) is 109 Å². The minimum absolute atomic E-state index is 0.102. The van der Waals surface area contributed by atoms with E-state index < -0.39 is 23.3 Å². The van der Waals surface area contributed by atoms with E-state index >= 15 is 0 Å². The number of para-hydroxylation sites is 2. The maximum Gasteiger partial charge on any atom is 0.346 e. The Bertz CT molecular complexity index is 1970. The first-order chi connectivity index (χ1) is 23.2. The van der Waals surface area contributed by atoms with Crippen LogP contribution in [0.1, 0.15) is 55.3 Å². The summed E-state index contributed by atoms with van der Waals surface area (Å²) < 4.78 is 26.6. The SMILES string of the molecule is COc1cccc(CCNc2ccccc2N2CCCC(C(=O)c3sccc3C)CC2OS(=O)c2ccc3sc(C(=O)O)c(C)c3c2)c1. The van der Waals surface area contributed by atoms with Gasteiger partial charge in [-0.3, -0.25) is 8.98 Å². The number of benzene rings is 3. The van der Waals surface area contributed by atoms with Crippen molar-refractivity contribution in [2.24, 2.45) is 5.92 Å². The monoisotopic (exact) mass is 702 g/mol. The van der Waals surface area contributed by atoms with Gasteiger partial charge in [-0.25, -0.2) is 9.00 Å². The molecule has 2 aromatic heterocycles. The molecule has 0 saturated carbocycles. The lowest BCUT2D eigenvalue weighted by Crippen LogP contribution is -2.39. The first-order valence-corrected chi connectivity index (χ1v) is 18.7. The third-order valence-corrected chi connectivity index (χ3v) is 12.1. The minimum atomic E-state index is -1.88. The van der Waals surface area contributed by atoms with E-state index in [4.69, 9.17) is 8.92 Å². The Morgan fingerprint density at radius 3 is 2.65 bits per heavy atom. The molecule has 1 aliphatic rings. The van der Waals surface area contributed by atoms with Gasteiger partial charge < -0.3 is 20.1 Å². The molecule has 6 rings (SSSR count). The average molecular weight is 703 g/mol. The summed E-state index contributed by atoms with van der Waals surface area (Å²) in [4.78, 5) is 29.2. The van der Waals surface area contributed by atoms with Crippen molar-refractivity contribution in [1.29, 1.82) is 0 Å². The molecule has 0 amide bonds. The number of ether oxygens (including phenoxy) is 1. The number of fused-ring (bicyclic) bond motifs is 1. The number of hydrogen-bond acceptors (Lipinski definition) is 9. The van der Waals surface area contributed by atoms with Crippen LogP contribution < -0.4 is 15.0 Å². The van der Waals surface area contributed by atoms with Gasteiger partial charge in [0.1, 0.15) is 16.9 Å². The molecule has 3 aromatic carbocycles. The summed E-state index contributed by atoms with van der Waals surface area (Å²) in [6.45, 7) is 5.03. The van der Waals surface area contributed by atoms with Gasteiger partial charge in [-0.15, -0.1) is 22.7 Å². The maximum absolute atomic E-state index is 14.0. The molecule has 0 spiro atoms. The fourth-order valence-corrected chi connectivity index (χ4v) is 9.13. The molecule has 3 unspecified atom stereocenters.